The third-order valence-corrected chi connectivity index (χ3v) is 6.44. The van der Waals surface area contributed by atoms with Gasteiger partial charge in [-0.3, -0.25) is 9.59 Å². The number of hydrogen-bond donors (Lipinski definition) is 2. The van der Waals surface area contributed by atoms with Crippen LogP contribution in [0.2, 0.25) is 0 Å². The fourth-order valence-corrected chi connectivity index (χ4v) is 4.69. The molecule has 8 heteroatoms. The molecule has 1 fully saturated rings. The molecule has 1 aromatic carbocycles. The Balaban J connectivity index is 1.43. The first kappa shape index (κ1) is 23.3. The highest BCUT2D eigenvalue weighted by Crippen LogP contribution is 2.17. The number of aromatic nitrogens is 2. The highest BCUT2D eigenvalue weighted by molar-refractivity contribution is 7.13. The third kappa shape index (κ3) is 7.11. The zero-order valence-electron chi connectivity index (χ0n) is 18.7. The molecular formula is C23H33N5O2S. The molecule has 168 valence electrons. The van der Waals surface area contributed by atoms with Crippen LogP contribution in [0.15, 0.2) is 24.3 Å². The van der Waals surface area contributed by atoms with E-state index in [1.807, 2.05) is 0 Å². The summed E-state index contributed by atoms with van der Waals surface area (Å²) in [4.78, 5) is 27.3. The van der Waals surface area contributed by atoms with E-state index in [9.17, 15) is 9.59 Å². The topological polar surface area (TPSA) is 87.2 Å². The fourth-order valence-electron chi connectivity index (χ4n) is 3.74. The lowest BCUT2D eigenvalue weighted by Crippen LogP contribution is -2.39. The predicted molar refractivity (Wildman–Crippen MR) is 125 cm³/mol. The van der Waals surface area contributed by atoms with Gasteiger partial charge in [0.05, 0.1) is 0 Å². The Hall–Kier alpha value is -2.32. The van der Waals surface area contributed by atoms with Gasteiger partial charge in [-0.25, -0.2) is 0 Å². The summed E-state index contributed by atoms with van der Waals surface area (Å²) in [5.41, 5.74) is 1.21. The molecule has 2 N–H and O–H groups in total. The summed E-state index contributed by atoms with van der Waals surface area (Å²) in [6.07, 6.45) is 5.63. The van der Waals surface area contributed by atoms with Crippen LogP contribution in [0.4, 0.5) is 5.69 Å². The summed E-state index contributed by atoms with van der Waals surface area (Å²) >= 11 is 1.32. The second kappa shape index (κ2) is 11.3. The highest BCUT2D eigenvalue weighted by atomic mass is 32.1. The first-order chi connectivity index (χ1) is 14.9. The molecule has 0 spiro atoms. The average Bonchev–Trinajstić information content (AvgIpc) is 3.20. The van der Waals surface area contributed by atoms with Crippen molar-refractivity contribution in [1.82, 2.24) is 20.4 Å². The van der Waals surface area contributed by atoms with Crippen molar-refractivity contribution in [3.63, 3.8) is 0 Å². The molecule has 1 aliphatic heterocycles. The summed E-state index contributed by atoms with van der Waals surface area (Å²) in [5.74, 6) is 0.0968. The SMILES string of the molecule is CC(C)Cc1nnc(C(=O)Nc2ccc(C(=O)NCCCN3CCCC[C@H]3C)cc2)s1. The van der Waals surface area contributed by atoms with E-state index in [4.69, 9.17) is 0 Å². The van der Waals surface area contributed by atoms with Gasteiger partial charge in [0.15, 0.2) is 0 Å². The van der Waals surface area contributed by atoms with Crippen LogP contribution in [0.1, 0.15) is 71.6 Å². The van der Waals surface area contributed by atoms with Gasteiger partial charge in [0.25, 0.3) is 11.8 Å². The van der Waals surface area contributed by atoms with E-state index in [0.717, 1.165) is 24.4 Å². The van der Waals surface area contributed by atoms with E-state index in [1.165, 1.54) is 37.1 Å². The second-order valence-electron chi connectivity index (χ2n) is 8.62. The van der Waals surface area contributed by atoms with Gasteiger partial charge in [-0.15, -0.1) is 10.2 Å². The molecule has 7 nitrogen and oxygen atoms in total. The molecule has 1 aromatic heterocycles. The van der Waals surface area contributed by atoms with E-state index < -0.39 is 0 Å². The quantitative estimate of drug-likeness (QED) is 0.573. The lowest BCUT2D eigenvalue weighted by atomic mass is 10.0. The van der Waals surface area contributed by atoms with Crippen LogP contribution in [-0.2, 0) is 6.42 Å². The fraction of sp³-hybridized carbons (Fsp3) is 0.565. The summed E-state index contributed by atoms with van der Waals surface area (Å²) < 4.78 is 0. The van der Waals surface area contributed by atoms with E-state index in [1.54, 1.807) is 24.3 Å². The third-order valence-electron chi connectivity index (χ3n) is 5.50. The molecule has 3 rings (SSSR count). The number of amides is 2. The average molecular weight is 444 g/mol. The number of rotatable bonds is 9. The molecule has 1 atom stereocenters. The Kier molecular flexibility index (Phi) is 8.54. The van der Waals surface area contributed by atoms with Crippen LogP contribution in [-0.4, -0.2) is 52.6 Å². The molecule has 2 heterocycles. The van der Waals surface area contributed by atoms with Crippen molar-refractivity contribution >= 4 is 28.8 Å². The standard InChI is InChI=1S/C23H33N5O2S/c1-16(2)15-20-26-27-23(31-20)22(30)25-19-10-8-18(9-11-19)21(29)24-12-6-14-28-13-5-4-7-17(28)3/h8-11,16-17H,4-7,12-15H2,1-3H3,(H,24,29)(H,25,30)/t17-/m1/s1. The summed E-state index contributed by atoms with van der Waals surface area (Å²) in [7, 11) is 0. The van der Waals surface area contributed by atoms with Crippen molar-refractivity contribution in [2.24, 2.45) is 5.92 Å². The molecule has 0 radical (unpaired) electrons. The van der Waals surface area contributed by atoms with Gasteiger partial charge in [-0.2, -0.15) is 0 Å². The zero-order chi connectivity index (χ0) is 22.2. The maximum Gasteiger partial charge on any atom is 0.286 e. The lowest BCUT2D eigenvalue weighted by molar-refractivity contribution is 0.0948. The Morgan fingerprint density at radius 1 is 1.16 bits per heavy atom. The number of hydrogen-bond acceptors (Lipinski definition) is 6. The maximum atomic E-state index is 12.4. The number of carbonyl (C=O) groups is 2. The number of anilines is 1. The highest BCUT2D eigenvalue weighted by Gasteiger charge is 2.17. The number of carbonyl (C=O) groups excluding carboxylic acids is 2. The van der Waals surface area contributed by atoms with Gasteiger partial charge in [0.1, 0.15) is 5.01 Å². The Labute approximate surface area is 188 Å². The molecule has 0 bridgehead atoms. The number of likely N-dealkylation sites (tertiary alicyclic amines) is 1. The minimum Gasteiger partial charge on any atom is -0.352 e. The van der Waals surface area contributed by atoms with Gasteiger partial charge >= 0.3 is 0 Å². The van der Waals surface area contributed by atoms with Crippen LogP contribution in [0.25, 0.3) is 0 Å². The summed E-state index contributed by atoms with van der Waals surface area (Å²) in [6.45, 7) is 9.35. The van der Waals surface area contributed by atoms with E-state index in [-0.39, 0.29) is 11.8 Å². The van der Waals surface area contributed by atoms with Gasteiger partial charge in [-0.05, 0) is 62.9 Å². The second-order valence-corrected chi connectivity index (χ2v) is 9.68. The molecule has 2 aromatic rings. The molecule has 0 saturated carbocycles. The molecule has 31 heavy (non-hydrogen) atoms. The van der Waals surface area contributed by atoms with Crippen molar-refractivity contribution < 1.29 is 9.59 Å². The number of benzene rings is 1. The first-order valence-corrected chi connectivity index (χ1v) is 12.0. The van der Waals surface area contributed by atoms with Crippen LogP contribution in [0.3, 0.4) is 0 Å². The largest absolute Gasteiger partial charge is 0.352 e. The van der Waals surface area contributed by atoms with Gasteiger partial charge in [-0.1, -0.05) is 31.6 Å². The van der Waals surface area contributed by atoms with Crippen molar-refractivity contribution in [3.05, 3.63) is 39.8 Å². The van der Waals surface area contributed by atoms with Crippen LogP contribution < -0.4 is 10.6 Å². The first-order valence-electron chi connectivity index (χ1n) is 11.2. The van der Waals surface area contributed by atoms with Gasteiger partial charge in [0, 0.05) is 36.8 Å². The Morgan fingerprint density at radius 3 is 2.65 bits per heavy atom. The number of piperidine rings is 1. The number of nitrogens with zero attached hydrogens (tertiary/aromatic N) is 3. The van der Waals surface area contributed by atoms with Gasteiger partial charge in [0.2, 0.25) is 5.01 Å². The molecule has 0 aliphatic carbocycles. The number of nitrogens with one attached hydrogen (secondary N) is 2. The van der Waals surface area contributed by atoms with Gasteiger partial charge < -0.3 is 15.5 Å². The minimum absolute atomic E-state index is 0.0907. The van der Waals surface area contributed by atoms with E-state index in [2.05, 4.69) is 46.5 Å². The summed E-state index contributed by atoms with van der Waals surface area (Å²) in [6, 6.07) is 7.56. The molecule has 2 amide bonds. The molecule has 1 aliphatic rings. The summed E-state index contributed by atoms with van der Waals surface area (Å²) in [5, 5.41) is 15.1. The van der Waals surface area contributed by atoms with Crippen LogP contribution >= 0.6 is 11.3 Å². The molecular weight excluding hydrogens is 410 g/mol. The van der Waals surface area contributed by atoms with Crippen molar-refractivity contribution in [3.8, 4) is 0 Å². The smallest absolute Gasteiger partial charge is 0.286 e. The Morgan fingerprint density at radius 2 is 1.94 bits per heavy atom. The maximum absolute atomic E-state index is 12.4. The normalized spacial score (nSPS) is 17.0. The monoisotopic (exact) mass is 443 g/mol. The van der Waals surface area contributed by atoms with Crippen molar-refractivity contribution in [1.29, 1.82) is 0 Å². The Bertz CT molecular complexity index is 865. The zero-order valence-corrected chi connectivity index (χ0v) is 19.5. The molecule has 0 unspecified atom stereocenters. The van der Waals surface area contributed by atoms with Crippen LogP contribution in [0.5, 0.6) is 0 Å². The van der Waals surface area contributed by atoms with Crippen molar-refractivity contribution in [2.45, 2.75) is 58.9 Å². The predicted octanol–water partition coefficient (Wildman–Crippen LogP) is 3.98. The minimum atomic E-state index is -0.281. The molecule has 1 saturated heterocycles. The van der Waals surface area contributed by atoms with Crippen molar-refractivity contribution in [2.75, 3.05) is 25.0 Å². The van der Waals surface area contributed by atoms with Crippen LogP contribution in [0, 0.1) is 5.92 Å². The van der Waals surface area contributed by atoms with E-state index >= 15 is 0 Å². The van der Waals surface area contributed by atoms with E-state index in [0.29, 0.717) is 34.8 Å². The lowest BCUT2D eigenvalue weighted by Gasteiger charge is -2.33.